The van der Waals surface area contributed by atoms with Crippen molar-refractivity contribution in [2.24, 2.45) is 11.8 Å². The first-order valence-corrected chi connectivity index (χ1v) is 7.80. The Kier molecular flexibility index (Phi) is 4.42. The summed E-state index contributed by atoms with van der Waals surface area (Å²) < 4.78 is 5.55. The van der Waals surface area contributed by atoms with Gasteiger partial charge in [-0.1, -0.05) is 6.07 Å². The molecule has 112 valence electrons. The van der Waals surface area contributed by atoms with Crippen LogP contribution in [0.2, 0.25) is 0 Å². The van der Waals surface area contributed by atoms with E-state index < -0.39 is 6.10 Å². The Morgan fingerprint density at radius 3 is 2.62 bits per heavy atom. The first-order chi connectivity index (χ1) is 10.3. The molecule has 4 nitrogen and oxygen atoms in total. The lowest BCUT2D eigenvalue weighted by molar-refractivity contribution is 0.102. The number of nitriles is 1. The first-order valence-electron chi connectivity index (χ1n) is 7.80. The summed E-state index contributed by atoms with van der Waals surface area (Å²) >= 11 is 0. The van der Waals surface area contributed by atoms with Crippen molar-refractivity contribution >= 4 is 0 Å². The predicted octanol–water partition coefficient (Wildman–Crippen LogP) is 2.08. The van der Waals surface area contributed by atoms with E-state index in [-0.39, 0.29) is 6.61 Å². The van der Waals surface area contributed by atoms with Crippen LogP contribution in [0, 0.1) is 23.2 Å². The molecule has 4 heteroatoms. The number of nitrogens with zero attached hydrogens (tertiary/aromatic N) is 1. The van der Waals surface area contributed by atoms with Gasteiger partial charge in [0, 0.05) is 12.6 Å². The zero-order chi connectivity index (χ0) is 14.7. The van der Waals surface area contributed by atoms with E-state index in [9.17, 15) is 5.11 Å². The van der Waals surface area contributed by atoms with Crippen LogP contribution in [0.25, 0.3) is 0 Å². The van der Waals surface area contributed by atoms with Crippen molar-refractivity contribution in [2.75, 3.05) is 13.2 Å². The Bertz CT molecular complexity index is 506. The SMILES string of the molecule is N#Cc1cccc(OCC(O)CNC(C2CC2)C2CC2)c1. The van der Waals surface area contributed by atoms with Crippen LogP contribution < -0.4 is 10.1 Å². The Morgan fingerprint density at radius 1 is 1.29 bits per heavy atom. The summed E-state index contributed by atoms with van der Waals surface area (Å²) in [6.45, 7) is 0.833. The summed E-state index contributed by atoms with van der Waals surface area (Å²) in [5.74, 6) is 2.30. The van der Waals surface area contributed by atoms with Gasteiger partial charge in [-0.25, -0.2) is 0 Å². The van der Waals surface area contributed by atoms with Crippen molar-refractivity contribution in [3.05, 3.63) is 29.8 Å². The molecule has 0 heterocycles. The molecule has 2 fully saturated rings. The smallest absolute Gasteiger partial charge is 0.120 e. The van der Waals surface area contributed by atoms with Crippen LogP contribution in [0.4, 0.5) is 0 Å². The molecule has 0 bridgehead atoms. The maximum atomic E-state index is 10.0. The molecule has 0 spiro atoms. The van der Waals surface area contributed by atoms with Crippen LogP contribution in [0.15, 0.2) is 24.3 Å². The lowest BCUT2D eigenvalue weighted by Crippen LogP contribution is -2.40. The van der Waals surface area contributed by atoms with E-state index in [1.54, 1.807) is 24.3 Å². The normalized spacial score (nSPS) is 19.3. The minimum absolute atomic E-state index is 0.254. The molecule has 2 N–H and O–H groups in total. The zero-order valence-corrected chi connectivity index (χ0v) is 12.2. The van der Waals surface area contributed by atoms with Crippen molar-refractivity contribution in [3.8, 4) is 11.8 Å². The van der Waals surface area contributed by atoms with Crippen molar-refractivity contribution < 1.29 is 9.84 Å². The molecule has 0 saturated heterocycles. The molecular weight excluding hydrogens is 264 g/mol. The second kappa shape index (κ2) is 6.46. The molecule has 2 saturated carbocycles. The number of aliphatic hydroxyl groups excluding tert-OH is 1. The molecule has 0 aromatic heterocycles. The third kappa shape index (κ3) is 4.20. The molecule has 21 heavy (non-hydrogen) atoms. The van der Waals surface area contributed by atoms with Gasteiger partial charge in [0.1, 0.15) is 18.5 Å². The average molecular weight is 286 g/mol. The molecule has 2 aliphatic carbocycles. The van der Waals surface area contributed by atoms with Gasteiger partial charge >= 0.3 is 0 Å². The van der Waals surface area contributed by atoms with Gasteiger partial charge in [0.05, 0.1) is 11.6 Å². The first kappa shape index (κ1) is 14.4. The molecule has 0 radical (unpaired) electrons. The average Bonchev–Trinajstić information content (AvgIpc) is 3.38. The van der Waals surface area contributed by atoms with Crippen LogP contribution in [-0.4, -0.2) is 30.4 Å². The quantitative estimate of drug-likeness (QED) is 0.768. The van der Waals surface area contributed by atoms with Gasteiger partial charge in [-0.05, 0) is 55.7 Å². The monoisotopic (exact) mass is 286 g/mol. The highest BCUT2D eigenvalue weighted by Gasteiger charge is 2.41. The van der Waals surface area contributed by atoms with Gasteiger partial charge in [0.15, 0.2) is 0 Å². The fraction of sp³-hybridized carbons (Fsp3) is 0.588. The van der Waals surface area contributed by atoms with E-state index in [4.69, 9.17) is 10.00 Å². The molecule has 1 atom stereocenters. The van der Waals surface area contributed by atoms with Crippen LogP contribution in [0.3, 0.4) is 0 Å². The van der Waals surface area contributed by atoms with E-state index in [1.807, 2.05) is 0 Å². The highest BCUT2D eigenvalue weighted by molar-refractivity contribution is 5.36. The van der Waals surface area contributed by atoms with Gasteiger partial charge < -0.3 is 15.2 Å². The highest BCUT2D eigenvalue weighted by atomic mass is 16.5. The van der Waals surface area contributed by atoms with E-state index in [0.717, 1.165) is 11.8 Å². The molecule has 1 aromatic carbocycles. The number of ether oxygens (including phenoxy) is 1. The maximum Gasteiger partial charge on any atom is 0.120 e. The van der Waals surface area contributed by atoms with Crippen LogP contribution >= 0.6 is 0 Å². The van der Waals surface area contributed by atoms with Crippen molar-refractivity contribution in [2.45, 2.75) is 37.8 Å². The van der Waals surface area contributed by atoms with E-state index >= 15 is 0 Å². The van der Waals surface area contributed by atoms with Gasteiger partial charge in [-0.2, -0.15) is 5.26 Å². The third-order valence-electron chi connectivity index (χ3n) is 4.25. The second-order valence-electron chi connectivity index (χ2n) is 6.21. The maximum absolute atomic E-state index is 10.0. The fourth-order valence-electron chi connectivity index (χ4n) is 2.81. The van der Waals surface area contributed by atoms with Crippen LogP contribution in [0.1, 0.15) is 31.2 Å². The third-order valence-corrected chi connectivity index (χ3v) is 4.25. The number of rotatable bonds is 8. The van der Waals surface area contributed by atoms with Crippen molar-refractivity contribution in [1.29, 1.82) is 5.26 Å². The largest absolute Gasteiger partial charge is 0.491 e. The topological polar surface area (TPSA) is 65.3 Å². The summed E-state index contributed by atoms with van der Waals surface area (Å²) in [6, 6.07) is 9.70. The van der Waals surface area contributed by atoms with Gasteiger partial charge in [-0.15, -0.1) is 0 Å². The highest BCUT2D eigenvalue weighted by Crippen LogP contribution is 2.44. The lowest BCUT2D eigenvalue weighted by Gasteiger charge is -2.20. The summed E-state index contributed by atoms with van der Waals surface area (Å²) in [6.07, 6.45) is 4.82. The van der Waals surface area contributed by atoms with E-state index in [0.29, 0.717) is 23.9 Å². The van der Waals surface area contributed by atoms with Gasteiger partial charge in [-0.3, -0.25) is 0 Å². The molecule has 1 aromatic rings. The minimum Gasteiger partial charge on any atom is -0.491 e. The Morgan fingerprint density at radius 2 is 2.00 bits per heavy atom. The number of aliphatic hydroxyl groups is 1. The summed E-state index contributed by atoms with van der Waals surface area (Å²) in [7, 11) is 0. The van der Waals surface area contributed by atoms with Crippen LogP contribution in [-0.2, 0) is 0 Å². The van der Waals surface area contributed by atoms with Gasteiger partial charge in [0.2, 0.25) is 0 Å². The summed E-state index contributed by atoms with van der Waals surface area (Å²) in [5, 5.41) is 22.4. The van der Waals surface area contributed by atoms with Crippen molar-refractivity contribution in [3.63, 3.8) is 0 Å². The predicted molar refractivity (Wildman–Crippen MR) is 79.9 cm³/mol. The molecule has 2 aliphatic rings. The number of hydrogen-bond acceptors (Lipinski definition) is 4. The summed E-state index contributed by atoms with van der Waals surface area (Å²) in [5.41, 5.74) is 0.572. The van der Waals surface area contributed by atoms with Crippen molar-refractivity contribution in [1.82, 2.24) is 5.32 Å². The summed E-state index contributed by atoms with van der Waals surface area (Å²) in [4.78, 5) is 0. The standard InChI is InChI=1S/C17H22N2O2/c18-9-12-2-1-3-16(8-12)21-11-15(20)10-19-17(13-4-5-13)14-6-7-14/h1-3,8,13-15,17,19-20H,4-7,10-11H2. The van der Waals surface area contributed by atoms with E-state index in [2.05, 4.69) is 11.4 Å². The second-order valence-corrected chi connectivity index (χ2v) is 6.21. The molecule has 0 amide bonds. The Balaban J connectivity index is 1.41. The fourth-order valence-corrected chi connectivity index (χ4v) is 2.81. The lowest BCUT2D eigenvalue weighted by atomic mass is 10.1. The zero-order valence-electron chi connectivity index (χ0n) is 12.2. The Hall–Kier alpha value is -1.57. The number of nitrogens with one attached hydrogen (secondary N) is 1. The van der Waals surface area contributed by atoms with Crippen LogP contribution in [0.5, 0.6) is 5.75 Å². The van der Waals surface area contributed by atoms with Gasteiger partial charge in [0.25, 0.3) is 0 Å². The molecule has 0 aliphatic heterocycles. The minimum atomic E-state index is -0.518. The number of hydrogen-bond donors (Lipinski definition) is 2. The Labute approximate surface area is 125 Å². The molecular formula is C17H22N2O2. The molecule has 3 rings (SSSR count). The number of benzene rings is 1. The van der Waals surface area contributed by atoms with E-state index in [1.165, 1.54) is 25.7 Å². The molecule has 1 unspecified atom stereocenters.